The van der Waals surface area contributed by atoms with Crippen LogP contribution in [0, 0.1) is 33.8 Å². The molecule has 1 saturated heterocycles. The first kappa shape index (κ1) is 19.0. The summed E-state index contributed by atoms with van der Waals surface area (Å²) in [5, 5.41) is 10.8. The lowest BCUT2D eigenvalue weighted by Crippen LogP contribution is -2.45. The molecule has 0 radical (unpaired) electrons. The molecule has 2 bridgehead atoms. The van der Waals surface area contributed by atoms with Gasteiger partial charge >= 0.3 is 5.97 Å². The van der Waals surface area contributed by atoms with E-state index in [2.05, 4.69) is 0 Å². The fourth-order valence-electron chi connectivity index (χ4n) is 4.55. The number of ketones is 1. The van der Waals surface area contributed by atoms with Crippen LogP contribution in [0.3, 0.4) is 0 Å². The van der Waals surface area contributed by atoms with Crippen LogP contribution in [0.2, 0.25) is 0 Å². The third kappa shape index (κ3) is 3.02. The van der Waals surface area contributed by atoms with Crippen molar-refractivity contribution in [1.82, 2.24) is 4.90 Å². The highest BCUT2D eigenvalue weighted by Gasteiger charge is 2.60. The first-order valence-electron chi connectivity index (χ1n) is 9.29. The van der Waals surface area contributed by atoms with E-state index in [4.69, 9.17) is 4.74 Å². The SMILES string of the molecule is C[C@@H](C(=O)OCC(=O)c1cccc([N+](=O)[O-])c1)N1C(=O)[C@@H]2[C@H](C1=O)[C@H]1C=C[C@@H]2C1. The number of benzene rings is 1. The highest BCUT2D eigenvalue weighted by Crippen LogP contribution is 2.52. The van der Waals surface area contributed by atoms with Crippen molar-refractivity contribution in [3.05, 3.63) is 52.1 Å². The van der Waals surface area contributed by atoms with Gasteiger partial charge in [0.2, 0.25) is 17.6 Å². The average molecular weight is 398 g/mol. The molecule has 5 atom stereocenters. The molecule has 0 unspecified atom stereocenters. The third-order valence-electron chi connectivity index (χ3n) is 5.96. The number of allylic oxidation sites excluding steroid dienone is 2. The Morgan fingerprint density at radius 1 is 1.21 bits per heavy atom. The molecule has 29 heavy (non-hydrogen) atoms. The predicted molar refractivity (Wildman–Crippen MR) is 97.4 cm³/mol. The lowest BCUT2D eigenvalue weighted by atomic mass is 9.85. The van der Waals surface area contributed by atoms with Gasteiger partial charge in [-0.25, -0.2) is 4.79 Å². The number of esters is 1. The quantitative estimate of drug-likeness (QED) is 0.178. The van der Waals surface area contributed by atoms with Crippen molar-refractivity contribution >= 4 is 29.3 Å². The highest BCUT2D eigenvalue weighted by molar-refractivity contribution is 6.09. The van der Waals surface area contributed by atoms with Gasteiger partial charge in [-0.3, -0.25) is 29.4 Å². The van der Waals surface area contributed by atoms with Gasteiger partial charge in [0.15, 0.2) is 6.61 Å². The second kappa shape index (κ2) is 6.91. The summed E-state index contributed by atoms with van der Waals surface area (Å²) in [4.78, 5) is 61.2. The van der Waals surface area contributed by atoms with Gasteiger partial charge in [0.05, 0.1) is 16.8 Å². The number of carbonyl (C=O) groups excluding carboxylic acids is 4. The lowest BCUT2D eigenvalue weighted by Gasteiger charge is -2.23. The van der Waals surface area contributed by atoms with E-state index in [9.17, 15) is 29.3 Å². The van der Waals surface area contributed by atoms with Crippen molar-refractivity contribution in [2.24, 2.45) is 23.7 Å². The molecule has 1 heterocycles. The third-order valence-corrected chi connectivity index (χ3v) is 5.96. The lowest BCUT2D eigenvalue weighted by molar-refractivity contribution is -0.384. The number of non-ortho nitro benzene ring substituents is 1. The maximum absolute atomic E-state index is 12.7. The summed E-state index contributed by atoms with van der Waals surface area (Å²) >= 11 is 0. The molecule has 3 aliphatic rings. The van der Waals surface area contributed by atoms with E-state index in [1.165, 1.54) is 25.1 Å². The molecule has 2 aliphatic carbocycles. The maximum atomic E-state index is 12.7. The summed E-state index contributed by atoms with van der Waals surface area (Å²) in [5.41, 5.74) is -0.219. The number of ether oxygens (including phenoxy) is 1. The van der Waals surface area contributed by atoms with Crippen molar-refractivity contribution in [1.29, 1.82) is 0 Å². The highest BCUT2D eigenvalue weighted by atomic mass is 16.6. The Morgan fingerprint density at radius 2 is 1.83 bits per heavy atom. The molecular formula is C20H18N2O7. The van der Waals surface area contributed by atoms with Gasteiger partial charge in [-0.2, -0.15) is 0 Å². The smallest absolute Gasteiger partial charge is 0.329 e. The Balaban J connectivity index is 1.40. The monoisotopic (exact) mass is 398 g/mol. The zero-order valence-electron chi connectivity index (χ0n) is 15.5. The molecule has 4 rings (SSSR count). The van der Waals surface area contributed by atoms with Crippen LogP contribution in [-0.4, -0.2) is 46.0 Å². The number of imide groups is 1. The van der Waals surface area contributed by atoms with Crippen molar-refractivity contribution < 1.29 is 28.8 Å². The minimum Gasteiger partial charge on any atom is -0.456 e. The van der Waals surface area contributed by atoms with Gasteiger partial charge in [0.1, 0.15) is 6.04 Å². The summed E-state index contributed by atoms with van der Waals surface area (Å²) in [7, 11) is 0. The first-order valence-corrected chi connectivity index (χ1v) is 9.29. The Morgan fingerprint density at radius 3 is 2.41 bits per heavy atom. The van der Waals surface area contributed by atoms with E-state index >= 15 is 0 Å². The number of likely N-dealkylation sites (tertiary alicyclic amines) is 1. The van der Waals surface area contributed by atoms with E-state index in [1.807, 2.05) is 12.2 Å². The number of fused-ring (bicyclic) bond motifs is 5. The van der Waals surface area contributed by atoms with Crippen LogP contribution in [0.25, 0.3) is 0 Å². The first-order chi connectivity index (χ1) is 13.8. The largest absolute Gasteiger partial charge is 0.456 e. The second-order valence-electron chi connectivity index (χ2n) is 7.56. The van der Waals surface area contributed by atoms with Crippen molar-refractivity contribution in [2.75, 3.05) is 6.61 Å². The van der Waals surface area contributed by atoms with Crippen LogP contribution in [0.1, 0.15) is 23.7 Å². The molecule has 1 saturated carbocycles. The fraction of sp³-hybridized carbons (Fsp3) is 0.400. The van der Waals surface area contributed by atoms with Gasteiger partial charge in [0.25, 0.3) is 5.69 Å². The topological polar surface area (TPSA) is 124 Å². The number of hydrogen-bond acceptors (Lipinski definition) is 7. The summed E-state index contributed by atoms with van der Waals surface area (Å²) in [6.45, 7) is 0.757. The van der Waals surface area contributed by atoms with Gasteiger partial charge in [-0.15, -0.1) is 0 Å². The predicted octanol–water partition coefficient (Wildman–Crippen LogP) is 1.52. The number of carbonyl (C=O) groups is 4. The number of nitro benzene ring substituents is 1. The number of nitro groups is 1. The Bertz CT molecular complexity index is 939. The van der Waals surface area contributed by atoms with Crippen molar-refractivity contribution in [3.63, 3.8) is 0 Å². The van der Waals surface area contributed by atoms with Crippen LogP contribution in [-0.2, 0) is 19.1 Å². The van der Waals surface area contributed by atoms with E-state index in [1.54, 1.807) is 0 Å². The second-order valence-corrected chi connectivity index (χ2v) is 7.56. The van der Waals surface area contributed by atoms with Crippen LogP contribution in [0.15, 0.2) is 36.4 Å². The van der Waals surface area contributed by atoms with E-state index in [0.717, 1.165) is 17.4 Å². The minimum atomic E-state index is -1.14. The molecule has 1 aromatic rings. The molecule has 1 aliphatic heterocycles. The van der Waals surface area contributed by atoms with Gasteiger partial charge in [-0.05, 0) is 25.2 Å². The zero-order valence-corrected chi connectivity index (χ0v) is 15.5. The molecular weight excluding hydrogens is 380 g/mol. The normalized spacial score (nSPS) is 27.8. The molecule has 1 aromatic carbocycles. The molecule has 0 aromatic heterocycles. The Labute approximate surface area is 165 Å². The standard InChI is InChI=1S/C20H18N2O7/c1-10(21-18(24)16-12-5-6-13(7-12)17(16)19(21)25)20(26)29-9-15(23)11-3-2-4-14(8-11)22(27)28/h2-6,8,10,12-13,16-17H,7,9H2,1H3/t10-,12-,13+,16+,17-/m0/s1. The summed E-state index contributed by atoms with van der Waals surface area (Å²) in [5.74, 6) is -3.00. The molecule has 150 valence electrons. The van der Waals surface area contributed by atoms with Crippen molar-refractivity contribution in [3.8, 4) is 0 Å². The zero-order chi connectivity index (χ0) is 20.9. The number of rotatable bonds is 6. The fourth-order valence-corrected chi connectivity index (χ4v) is 4.55. The number of nitrogens with zero attached hydrogens (tertiary/aromatic N) is 2. The van der Waals surface area contributed by atoms with E-state index in [-0.39, 0.29) is 34.9 Å². The number of hydrogen-bond donors (Lipinski definition) is 0. The van der Waals surface area contributed by atoms with Crippen LogP contribution in [0.4, 0.5) is 5.69 Å². The van der Waals surface area contributed by atoms with E-state index in [0.29, 0.717) is 0 Å². The molecule has 0 spiro atoms. The summed E-state index contributed by atoms with van der Waals surface area (Å²) in [6, 6.07) is 3.94. The van der Waals surface area contributed by atoms with Crippen LogP contribution in [0.5, 0.6) is 0 Å². The number of amides is 2. The minimum absolute atomic E-state index is 0.0325. The van der Waals surface area contributed by atoms with Crippen LogP contribution >= 0.6 is 0 Å². The summed E-state index contributed by atoms with van der Waals surface area (Å²) in [6.07, 6.45) is 4.71. The number of Topliss-reactive ketones (excluding diaryl/α,β-unsaturated/α-hetero) is 1. The van der Waals surface area contributed by atoms with E-state index < -0.39 is 41.2 Å². The van der Waals surface area contributed by atoms with Crippen molar-refractivity contribution in [2.45, 2.75) is 19.4 Å². The summed E-state index contributed by atoms with van der Waals surface area (Å²) < 4.78 is 5.00. The van der Waals surface area contributed by atoms with Gasteiger partial charge < -0.3 is 4.74 Å². The Kier molecular flexibility index (Phi) is 4.52. The Hall–Kier alpha value is -3.36. The average Bonchev–Trinajstić information content (AvgIpc) is 3.39. The molecule has 9 heteroatoms. The molecule has 2 fully saturated rings. The molecule has 0 N–H and O–H groups in total. The van der Waals surface area contributed by atoms with Crippen LogP contribution < -0.4 is 0 Å². The maximum Gasteiger partial charge on any atom is 0.329 e. The van der Waals surface area contributed by atoms with Gasteiger partial charge in [-0.1, -0.05) is 24.3 Å². The van der Waals surface area contributed by atoms with Gasteiger partial charge in [0, 0.05) is 17.7 Å². The molecule has 9 nitrogen and oxygen atoms in total. The molecule has 2 amide bonds.